The molecule has 1 aromatic carbocycles. The maximum atomic E-state index is 12.9. The smallest absolute Gasteiger partial charge is 0.341 e. The Morgan fingerprint density at radius 3 is 2.29 bits per heavy atom. The van der Waals surface area contributed by atoms with Crippen LogP contribution in [0.2, 0.25) is 0 Å². The molecular weight excluding hydrogens is 305 g/mol. The molecule has 0 aliphatic carbocycles. The first-order chi connectivity index (χ1) is 9.14. The minimum absolute atomic E-state index is 0. The largest absolute Gasteiger partial charge is 0.416 e. The molecule has 1 rings (SSSR count). The van der Waals surface area contributed by atoms with Crippen molar-refractivity contribution in [1.29, 1.82) is 0 Å². The number of nitrogens with two attached hydrogens (primary N) is 1. The lowest BCUT2D eigenvalue weighted by atomic mass is 10.0. The van der Waals surface area contributed by atoms with Gasteiger partial charge in [-0.2, -0.15) is 13.2 Å². The van der Waals surface area contributed by atoms with E-state index in [0.29, 0.717) is 0 Å². The molecule has 0 heterocycles. The van der Waals surface area contributed by atoms with Crippen LogP contribution in [-0.4, -0.2) is 23.9 Å². The minimum Gasteiger partial charge on any atom is -0.341 e. The van der Waals surface area contributed by atoms with Gasteiger partial charge in [-0.15, -0.1) is 12.4 Å². The van der Waals surface area contributed by atoms with Gasteiger partial charge in [0.05, 0.1) is 11.5 Å². The van der Waals surface area contributed by atoms with Crippen molar-refractivity contribution in [2.45, 2.75) is 32.6 Å². The lowest BCUT2D eigenvalue weighted by Crippen LogP contribution is -2.39. The molecule has 0 fully saturated rings. The predicted octanol–water partition coefficient (Wildman–Crippen LogP) is 3.07. The fourth-order valence-corrected chi connectivity index (χ4v) is 1.84. The molecule has 0 bridgehead atoms. The zero-order chi connectivity index (χ0) is 15.5. The SMILES string of the molecule is CC(N)C(C)C(=O)N(C)Cc1ccccc1C(F)(F)F.Cl. The fraction of sp³-hybridized carbons (Fsp3) is 0.500. The van der Waals surface area contributed by atoms with E-state index in [-0.39, 0.29) is 36.5 Å². The molecule has 1 aromatic rings. The second-order valence-electron chi connectivity index (χ2n) is 5.00. The Morgan fingerprint density at radius 2 is 1.81 bits per heavy atom. The monoisotopic (exact) mass is 324 g/mol. The van der Waals surface area contributed by atoms with Crippen molar-refractivity contribution in [2.24, 2.45) is 11.7 Å². The van der Waals surface area contributed by atoms with E-state index < -0.39 is 17.7 Å². The van der Waals surface area contributed by atoms with Crippen molar-refractivity contribution >= 4 is 18.3 Å². The summed E-state index contributed by atoms with van der Waals surface area (Å²) in [5.74, 6) is -0.699. The average Bonchev–Trinajstić information content (AvgIpc) is 2.36. The van der Waals surface area contributed by atoms with Crippen LogP contribution in [0.4, 0.5) is 13.2 Å². The van der Waals surface area contributed by atoms with Gasteiger partial charge in [-0.3, -0.25) is 4.79 Å². The van der Waals surface area contributed by atoms with E-state index in [1.807, 2.05) is 0 Å². The summed E-state index contributed by atoms with van der Waals surface area (Å²) >= 11 is 0. The lowest BCUT2D eigenvalue weighted by molar-refractivity contribution is -0.140. The average molecular weight is 325 g/mol. The van der Waals surface area contributed by atoms with Gasteiger partial charge in [0, 0.05) is 19.6 Å². The molecule has 0 saturated carbocycles. The summed E-state index contributed by atoms with van der Waals surface area (Å²) < 4.78 is 38.6. The lowest BCUT2D eigenvalue weighted by Gasteiger charge is -2.24. The summed E-state index contributed by atoms with van der Waals surface area (Å²) in [6.45, 7) is 3.27. The number of hydrogen-bond acceptors (Lipinski definition) is 2. The number of benzene rings is 1. The molecule has 0 spiro atoms. The van der Waals surface area contributed by atoms with Crippen LogP contribution < -0.4 is 5.73 Å². The standard InChI is InChI=1S/C14H19F3N2O.ClH/c1-9(10(2)18)13(20)19(3)8-11-6-4-5-7-12(11)14(15,16)17;/h4-7,9-10H,8,18H2,1-3H3;1H. The molecule has 7 heteroatoms. The summed E-state index contributed by atoms with van der Waals surface area (Å²) in [6.07, 6.45) is -4.42. The zero-order valence-corrected chi connectivity index (χ0v) is 13.0. The third-order valence-corrected chi connectivity index (χ3v) is 3.28. The second-order valence-corrected chi connectivity index (χ2v) is 5.00. The number of amides is 1. The van der Waals surface area contributed by atoms with Crippen LogP contribution in [0.25, 0.3) is 0 Å². The Morgan fingerprint density at radius 1 is 1.29 bits per heavy atom. The number of carbonyl (C=O) groups excluding carboxylic acids is 1. The van der Waals surface area contributed by atoms with Gasteiger partial charge in [0.1, 0.15) is 0 Å². The van der Waals surface area contributed by atoms with Gasteiger partial charge in [-0.25, -0.2) is 0 Å². The third-order valence-electron chi connectivity index (χ3n) is 3.28. The van der Waals surface area contributed by atoms with Crippen LogP contribution in [-0.2, 0) is 17.5 Å². The maximum absolute atomic E-state index is 12.9. The quantitative estimate of drug-likeness (QED) is 0.925. The maximum Gasteiger partial charge on any atom is 0.416 e. The first kappa shape index (κ1) is 19.7. The van der Waals surface area contributed by atoms with Gasteiger partial charge in [-0.1, -0.05) is 25.1 Å². The minimum atomic E-state index is -4.42. The Labute approximate surface area is 128 Å². The van der Waals surface area contributed by atoms with E-state index in [0.717, 1.165) is 6.07 Å². The number of carbonyl (C=O) groups is 1. The highest BCUT2D eigenvalue weighted by atomic mass is 35.5. The van der Waals surface area contributed by atoms with Crippen LogP contribution in [0.1, 0.15) is 25.0 Å². The molecule has 0 aliphatic heterocycles. The molecule has 120 valence electrons. The van der Waals surface area contributed by atoms with E-state index in [2.05, 4.69) is 0 Å². The highest BCUT2D eigenvalue weighted by Gasteiger charge is 2.33. The first-order valence-electron chi connectivity index (χ1n) is 6.30. The summed E-state index contributed by atoms with van der Waals surface area (Å²) in [4.78, 5) is 13.3. The van der Waals surface area contributed by atoms with Crippen molar-refractivity contribution in [3.8, 4) is 0 Å². The molecular formula is C14H20ClF3N2O. The Kier molecular flexibility index (Phi) is 7.19. The van der Waals surface area contributed by atoms with Crippen molar-refractivity contribution in [3.63, 3.8) is 0 Å². The number of rotatable bonds is 4. The molecule has 2 unspecified atom stereocenters. The topological polar surface area (TPSA) is 46.3 Å². The number of hydrogen-bond donors (Lipinski definition) is 1. The van der Waals surface area contributed by atoms with E-state index in [9.17, 15) is 18.0 Å². The van der Waals surface area contributed by atoms with Gasteiger partial charge in [0.25, 0.3) is 0 Å². The predicted molar refractivity (Wildman–Crippen MR) is 78.0 cm³/mol. The van der Waals surface area contributed by atoms with Crippen molar-refractivity contribution in [3.05, 3.63) is 35.4 Å². The van der Waals surface area contributed by atoms with Crippen LogP contribution in [0.3, 0.4) is 0 Å². The van der Waals surface area contributed by atoms with Crippen LogP contribution >= 0.6 is 12.4 Å². The van der Waals surface area contributed by atoms with Gasteiger partial charge >= 0.3 is 6.18 Å². The highest BCUT2D eigenvalue weighted by molar-refractivity contribution is 5.85. The van der Waals surface area contributed by atoms with Gasteiger partial charge in [0.2, 0.25) is 5.91 Å². The summed E-state index contributed by atoms with van der Waals surface area (Å²) in [5.41, 5.74) is 5.00. The molecule has 2 N–H and O–H groups in total. The fourth-order valence-electron chi connectivity index (χ4n) is 1.84. The Balaban J connectivity index is 0.00000400. The molecule has 2 atom stereocenters. The van der Waals surface area contributed by atoms with E-state index in [1.165, 1.54) is 30.1 Å². The summed E-state index contributed by atoms with van der Waals surface area (Å²) in [7, 11) is 1.48. The van der Waals surface area contributed by atoms with Gasteiger partial charge in [0.15, 0.2) is 0 Å². The van der Waals surface area contributed by atoms with Crippen LogP contribution in [0.5, 0.6) is 0 Å². The number of nitrogens with zero attached hydrogens (tertiary/aromatic N) is 1. The van der Waals surface area contributed by atoms with E-state index >= 15 is 0 Å². The van der Waals surface area contributed by atoms with Crippen LogP contribution in [0.15, 0.2) is 24.3 Å². The van der Waals surface area contributed by atoms with Gasteiger partial charge in [-0.05, 0) is 18.6 Å². The van der Waals surface area contributed by atoms with E-state index in [4.69, 9.17) is 5.73 Å². The van der Waals surface area contributed by atoms with Crippen LogP contribution in [0, 0.1) is 5.92 Å². The summed E-state index contributed by atoms with van der Waals surface area (Å²) in [5, 5.41) is 0. The molecule has 21 heavy (non-hydrogen) atoms. The third kappa shape index (κ3) is 5.21. The second kappa shape index (κ2) is 7.66. The van der Waals surface area contributed by atoms with Gasteiger partial charge < -0.3 is 10.6 Å². The normalized spacial score (nSPS) is 14.0. The first-order valence-corrected chi connectivity index (χ1v) is 6.30. The van der Waals surface area contributed by atoms with Crippen molar-refractivity contribution < 1.29 is 18.0 Å². The Bertz CT molecular complexity index is 478. The molecule has 0 radical (unpaired) electrons. The molecule has 3 nitrogen and oxygen atoms in total. The van der Waals surface area contributed by atoms with E-state index in [1.54, 1.807) is 13.8 Å². The summed E-state index contributed by atoms with van der Waals surface area (Å²) in [6, 6.07) is 4.91. The zero-order valence-electron chi connectivity index (χ0n) is 12.1. The molecule has 0 aliphatic rings. The molecule has 0 aromatic heterocycles. The number of halogens is 4. The Hall–Kier alpha value is -1.27. The van der Waals surface area contributed by atoms with Crippen molar-refractivity contribution in [1.82, 2.24) is 4.90 Å². The molecule has 0 saturated heterocycles. The molecule has 1 amide bonds. The highest BCUT2D eigenvalue weighted by Crippen LogP contribution is 2.32. The van der Waals surface area contributed by atoms with Crippen molar-refractivity contribution in [2.75, 3.05) is 7.05 Å². The number of alkyl halides is 3.